The van der Waals surface area contributed by atoms with Crippen LogP contribution in [0, 0.1) is 0 Å². The molecule has 2 aromatic rings. The molecule has 1 atom stereocenters. The van der Waals surface area contributed by atoms with E-state index in [0.29, 0.717) is 18.5 Å². The summed E-state index contributed by atoms with van der Waals surface area (Å²) >= 11 is 0. The number of anilines is 2. The van der Waals surface area contributed by atoms with Crippen LogP contribution in [-0.2, 0) is 11.2 Å². The SMILES string of the molecule is CC(C)c1ccccc1NC(=O)CN1c2ccccc2CC1C. The first-order chi connectivity index (χ1) is 11.1. The molecule has 0 bridgehead atoms. The van der Waals surface area contributed by atoms with E-state index in [0.717, 1.165) is 12.1 Å². The Hall–Kier alpha value is -2.29. The highest BCUT2D eigenvalue weighted by molar-refractivity contribution is 5.95. The van der Waals surface area contributed by atoms with Crippen LogP contribution in [-0.4, -0.2) is 18.5 Å². The molecule has 0 fully saturated rings. The molecule has 3 nitrogen and oxygen atoms in total. The fraction of sp³-hybridized carbons (Fsp3) is 0.350. The van der Waals surface area contributed by atoms with Gasteiger partial charge in [0.25, 0.3) is 0 Å². The van der Waals surface area contributed by atoms with E-state index in [1.165, 1.54) is 16.8 Å². The standard InChI is InChI=1S/C20H24N2O/c1-14(2)17-9-5-6-10-18(17)21-20(23)13-22-15(3)12-16-8-4-7-11-19(16)22/h4-11,14-15H,12-13H2,1-3H3,(H,21,23). The van der Waals surface area contributed by atoms with E-state index >= 15 is 0 Å². The van der Waals surface area contributed by atoms with Crippen molar-refractivity contribution in [2.45, 2.75) is 39.2 Å². The molecule has 3 heteroatoms. The van der Waals surface area contributed by atoms with Gasteiger partial charge in [0.15, 0.2) is 0 Å². The van der Waals surface area contributed by atoms with E-state index < -0.39 is 0 Å². The number of para-hydroxylation sites is 2. The van der Waals surface area contributed by atoms with Gasteiger partial charge in [0.05, 0.1) is 6.54 Å². The molecule has 1 amide bonds. The molecule has 23 heavy (non-hydrogen) atoms. The van der Waals surface area contributed by atoms with E-state index in [2.05, 4.69) is 55.3 Å². The van der Waals surface area contributed by atoms with Crippen LogP contribution in [0.5, 0.6) is 0 Å². The first kappa shape index (κ1) is 15.6. The van der Waals surface area contributed by atoms with Crippen LogP contribution in [0.25, 0.3) is 0 Å². The van der Waals surface area contributed by atoms with Crippen molar-refractivity contribution in [1.29, 1.82) is 0 Å². The smallest absolute Gasteiger partial charge is 0.243 e. The van der Waals surface area contributed by atoms with Crippen LogP contribution in [0.2, 0.25) is 0 Å². The molecule has 0 aliphatic carbocycles. The summed E-state index contributed by atoms with van der Waals surface area (Å²) in [5.74, 6) is 0.430. The molecule has 0 spiro atoms. The van der Waals surface area contributed by atoms with Gasteiger partial charge in [-0.3, -0.25) is 4.79 Å². The van der Waals surface area contributed by atoms with Crippen molar-refractivity contribution in [3.05, 3.63) is 59.7 Å². The largest absolute Gasteiger partial charge is 0.359 e. The summed E-state index contributed by atoms with van der Waals surface area (Å²) < 4.78 is 0. The van der Waals surface area contributed by atoms with Gasteiger partial charge in [0, 0.05) is 17.4 Å². The predicted molar refractivity (Wildman–Crippen MR) is 96.1 cm³/mol. The molecule has 120 valence electrons. The van der Waals surface area contributed by atoms with Crippen molar-refractivity contribution in [3.63, 3.8) is 0 Å². The van der Waals surface area contributed by atoms with E-state index in [1.54, 1.807) is 0 Å². The van der Waals surface area contributed by atoms with Crippen molar-refractivity contribution >= 4 is 17.3 Å². The number of carbonyl (C=O) groups excluding carboxylic acids is 1. The highest BCUT2D eigenvalue weighted by Crippen LogP contribution is 2.31. The maximum absolute atomic E-state index is 12.5. The number of nitrogens with one attached hydrogen (secondary N) is 1. The number of benzene rings is 2. The van der Waals surface area contributed by atoms with Crippen LogP contribution in [0.1, 0.15) is 37.8 Å². The average molecular weight is 308 g/mol. The first-order valence-electron chi connectivity index (χ1n) is 8.29. The second-order valence-corrected chi connectivity index (χ2v) is 6.60. The zero-order valence-corrected chi connectivity index (χ0v) is 14.0. The molecule has 1 aliphatic rings. The van der Waals surface area contributed by atoms with Crippen molar-refractivity contribution in [3.8, 4) is 0 Å². The molecular weight excluding hydrogens is 284 g/mol. The first-order valence-corrected chi connectivity index (χ1v) is 8.29. The van der Waals surface area contributed by atoms with Gasteiger partial charge in [-0.1, -0.05) is 50.2 Å². The van der Waals surface area contributed by atoms with Crippen LogP contribution in [0.3, 0.4) is 0 Å². The minimum Gasteiger partial charge on any atom is -0.359 e. The Morgan fingerprint density at radius 1 is 1.17 bits per heavy atom. The van der Waals surface area contributed by atoms with Crippen LogP contribution in [0.15, 0.2) is 48.5 Å². The maximum Gasteiger partial charge on any atom is 0.243 e. The van der Waals surface area contributed by atoms with E-state index in [4.69, 9.17) is 0 Å². The van der Waals surface area contributed by atoms with Crippen molar-refractivity contribution in [2.75, 3.05) is 16.8 Å². The lowest BCUT2D eigenvalue weighted by Crippen LogP contribution is -2.37. The lowest BCUT2D eigenvalue weighted by molar-refractivity contribution is -0.115. The third-order valence-electron chi connectivity index (χ3n) is 4.52. The van der Waals surface area contributed by atoms with Gasteiger partial charge in [0.2, 0.25) is 5.91 Å². The van der Waals surface area contributed by atoms with Gasteiger partial charge in [-0.05, 0) is 42.5 Å². The molecule has 0 saturated carbocycles. The number of nitrogens with zero attached hydrogens (tertiary/aromatic N) is 1. The summed E-state index contributed by atoms with van der Waals surface area (Å²) in [7, 11) is 0. The molecule has 1 heterocycles. The Balaban J connectivity index is 1.74. The number of rotatable bonds is 4. The third kappa shape index (κ3) is 3.24. The topological polar surface area (TPSA) is 32.3 Å². The van der Waals surface area contributed by atoms with E-state index in [-0.39, 0.29) is 5.91 Å². The predicted octanol–water partition coefficient (Wildman–Crippen LogP) is 4.20. The quantitative estimate of drug-likeness (QED) is 0.918. The van der Waals surface area contributed by atoms with Gasteiger partial charge >= 0.3 is 0 Å². The average Bonchev–Trinajstić information content (AvgIpc) is 2.83. The summed E-state index contributed by atoms with van der Waals surface area (Å²) in [6.45, 7) is 6.85. The summed E-state index contributed by atoms with van der Waals surface area (Å²) in [6.07, 6.45) is 1.01. The molecular formula is C20H24N2O. The third-order valence-corrected chi connectivity index (χ3v) is 4.52. The van der Waals surface area contributed by atoms with Crippen LogP contribution >= 0.6 is 0 Å². The Kier molecular flexibility index (Phi) is 4.37. The van der Waals surface area contributed by atoms with Gasteiger partial charge in [-0.15, -0.1) is 0 Å². The Morgan fingerprint density at radius 2 is 1.87 bits per heavy atom. The zero-order chi connectivity index (χ0) is 16.4. The summed E-state index contributed by atoms with van der Waals surface area (Å²) in [4.78, 5) is 14.7. The highest BCUT2D eigenvalue weighted by Gasteiger charge is 2.27. The number of hydrogen-bond acceptors (Lipinski definition) is 2. The molecule has 0 saturated heterocycles. The Bertz CT molecular complexity index is 708. The second kappa shape index (κ2) is 6.45. The lowest BCUT2D eigenvalue weighted by Gasteiger charge is -2.24. The van der Waals surface area contributed by atoms with Crippen molar-refractivity contribution < 1.29 is 4.79 Å². The van der Waals surface area contributed by atoms with Crippen LogP contribution in [0.4, 0.5) is 11.4 Å². The molecule has 1 unspecified atom stereocenters. The summed E-state index contributed by atoms with van der Waals surface area (Å²) in [5.41, 5.74) is 4.62. The highest BCUT2D eigenvalue weighted by atomic mass is 16.2. The van der Waals surface area contributed by atoms with Crippen molar-refractivity contribution in [2.24, 2.45) is 0 Å². The molecule has 1 N–H and O–H groups in total. The number of fused-ring (bicyclic) bond motifs is 1. The van der Waals surface area contributed by atoms with E-state index in [9.17, 15) is 4.79 Å². The van der Waals surface area contributed by atoms with Crippen LogP contribution < -0.4 is 10.2 Å². The molecule has 3 rings (SSSR count). The number of amides is 1. The Morgan fingerprint density at radius 3 is 2.65 bits per heavy atom. The molecule has 0 radical (unpaired) electrons. The zero-order valence-electron chi connectivity index (χ0n) is 14.0. The Labute approximate surface area is 138 Å². The maximum atomic E-state index is 12.5. The second-order valence-electron chi connectivity index (χ2n) is 6.60. The van der Waals surface area contributed by atoms with Gasteiger partial charge in [0.1, 0.15) is 0 Å². The number of hydrogen-bond donors (Lipinski definition) is 1. The fourth-order valence-electron chi connectivity index (χ4n) is 3.33. The fourth-order valence-corrected chi connectivity index (χ4v) is 3.33. The molecule has 2 aromatic carbocycles. The monoisotopic (exact) mass is 308 g/mol. The minimum atomic E-state index is 0.0432. The minimum absolute atomic E-state index is 0.0432. The van der Waals surface area contributed by atoms with Gasteiger partial charge < -0.3 is 10.2 Å². The van der Waals surface area contributed by atoms with Crippen molar-refractivity contribution in [1.82, 2.24) is 0 Å². The van der Waals surface area contributed by atoms with E-state index in [1.807, 2.05) is 24.3 Å². The number of carbonyl (C=O) groups is 1. The summed E-state index contributed by atoms with van der Waals surface area (Å²) in [6, 6.07) is 16.8. The van der Waals surface area contributed by atoms with Gasteiger partial charge in [-0.25, -0.2) is 0 Å². The molecule has 1 aliphatic heterocycles. The lowest BCUT2D eigenvalue weighted by atomic mass is 10.0. The summed E-state index contributed by atoms with van der Waals surface area (Å²) in [5, 5.41) is 3.09. The van der Waals surface area contributed by atoms with Gasteiger partial charge in [-0.2, -0.15) is 0 Å². The molecule has 0 aromatic heterocycles. The normalized spacial score (nSPS) is 16.5.